The van der Waals surface area contributed by atoms with Crippen LogP contribution in [0.15, 0.2) is 54.6 Å². The molecule has 3 aromatic rings. The number of hydrogen-bond donors (Lipinski definition) is 0. The van der Waals surface area contributed by atoms with E-state index in [1.165, 1.54) is 24.3 Å². The van der Waals surface area contributed by atoms with E-state index in [-0.39, 0.29) is 10.9 Å². The summed E-state index contributed by atoms with van der Waals surface area (Å²) in [6, 6.07) is 11.4. The number of alkyl halides is 21. The normalized spacial score (nSPS) is 17.8. The van der Waals surface area contributed by atoms with Crippen molar-refractivity contribution in [1.82, 2.24) is 0 Å². The van der Waals surface area contributed by atoms with Gasteiger partial charge in [-0.15, -0.1) is 0 Å². The smallest absolute Gasteiger partial charge is 0.307 e. The Morgan fingerprint density at radius 3 is 1.38 bits per heavy atom. The summed E-state index contributed by atoms with van der Waals surface area (Å²) in [5, 5.41) is 1.72. The van der Waals surface area contributed by atoms with E-state index in [1.807, 2.05) is 0 Å². The highest BCUT2D eigenvalue weighted by molar-refractivity contribution is 6.10. The Hall–Kier alpha value is -3.59. The molecular formula is C28H13F21O. The molecule has 278 valence electrons. The monoisotopic (exact) mass is 764 g/mol. The second kappa shape index (κ2) is 11.2. The highest BCUT2D eigenvalue weighted by Crippen LogP contribution is 2.66. The van der Waals surface area contributed by atoms with Gasteiger partial charge in [-0.05, 0) is 39.1 Å². The molecule has 22 heteroatoms. The summed E-state index contributed by atoms with van der Waals surface area (Å²) in [6.45, 7) is 0. The lowest BCUT2D eigenvalue weighted by atomic mass is 9.87. The van der Waals surface area contributed by atoms with Crippen molar-refractivity contribution < 1.29 is 96.9 Å². The van der Waals surface area contributed by atoms with E-state index in [9.17, 15) is 92.2 Å². The first kappa shape index (κ1) is 39.2. The third-order valence-electron chi connectivity index (χ3n) is 7.76. The molecule has 1 unspecified atom stereocenters. The highest BCUT2D eigenvalue weighted by atomic mass is 19.4. The van der Waals surface area contributed by atoms with Crippen molar-refractivity contribution in [2.45, 2.75) is 72.2 Å². The summed E-state index contributed by atoms with van der Waals surface area (Å²) in [5.74, 6) is -70.9. The van der Waals surface area contributed by atoms with Gasteiger partial charge in [-0.1, -0.05) is 60.7 Å². The lowest BCUT2D eigenvalue weighted by molar-refractivity contribution is -0.486. The molecule has 50 heavy (non-hydrogen) atoms. The van der Waals surface area contributed by atoms with E-state index < -0.39 is 77.8 Å². The first-order chi connectivity index (χ1) is 22.3. The quantitative estimate of drug-likeness (QED) is 0.148. The number of halogens is 21. The Labute approximate surface area is 263 Å². The Morgan fingerprint density at radius 1 is 0.440 bits per heavy atom. The van der Waals surface area contributed by atoms with Crippen LogP contribution in [0.3, 0.4) is 0 Å². The number of fused-ring (bicyclic) bond motifs is 5. The van der Waals surface area contributed by atoms with Crippen LogP contribution >= 0.6 is 0 Å². The minimum absolute atomic E-state index is 0.120. The fourth-order valence-corrected chi connectivity index (χ4v) is 4.94. The minimum atomic E-state index is -9.23. The van der Waals surface area contributed by atoms with E-state index in [4.69, 9.17) is 0 Å². The second-order valence-corrected chi connectivity index (χ2v) is 10.8. The van der Waals surface area contributed by atoms with E-state index in [0.29, 0.717) is 16.2 Å². The molecule has 0 spiro atoms. The van der Waals surface area contributed by atoms with Crippen LogP contribution in [0.2, 0.25) is 0 Å². The molecule has 4 rings (SSSR count). The molecular weight excluding hydrogens is 751 g/mol. The van der Waals surface area contributed by atoms with E-state index >= 15 is 0 Å². The molecule has 0 aromatic heterocycles. The fraction of sp³-hybridized carbons (Fsp3) is 0.429. The zero-order chi connectivity index (χ0) is 38.5. The standard InChI is InChI=1S/C28H13F21O/c29-19(30,21(33,34)23(37,38)25(41,42)27(45,46)47)20(31,32)22(35,36)24(39,40)26(43,44)28(48,49)50-18-7-3-6-14-16-9-8-12-4-1-2-5-13(12)15(16)10-11-17(14)18/h1-6,8-11,18H,7H2. The van der Waals surface area contributed by atoms with Crippen LogP contribution in [0.5, 0.6) is 0 Å². The molecule has 1 nitrogen and oxygen atoms in total. The maximum absolute atomic E-state index is 14.7. The summed E-state index contributed by atoms with van der Waals surface area (Å²) < 4.78 is 292. The van der Waals surface area contributed by atoms with Crippen molar-refractivity contribution in [2.24, 2.45) is 0 Å². The molecule has 0 heterocycles. The summed E-state index contributed by atoms with van der Waals surface area (Å²) in [7, 11) is 0. The maximum atomic E-state index is 14.7. The molecule has 3 aromatic carbocycles. The molecule has 0 saturated carbocycles. The molecule has 1 aliphatic carbocycles. The first-order valence-electron chi connectivity index (χ1n) is 13.0. The predicted molar refractivity (Wildman–Crippen MR) is 130 cm³/mol. The topological polar surface area (TPSA) is 9.23 Å². The van der Waals surface area contributed by atoms with Crippen molar-refractivity contribution in [1.29, 1.82) is 0 Å². The second-order valence-electron chi connectivity index (χ2n) is 10.8. The predicted octanol–water partition coefficient (Wildman–Crippen LogP) is 11.7. The average molecular weight is 764 g/mol. The van der Waals surface area contributed by atoms with Crippen LogP contribution in [0.25, 0.3) is 27.6 Å². The van der Waals surface area contributed by atoms with Gasteiger partial charge in [0.2, 0.25) is 0 Å². The zero-order valence-electron chi connectivity index (χ0n) is 23.4. The average Bonchev–Trinajstić information content (AvgIpc) is 2.99. The van der Waals surface area contributed by atoms with Gasteiger partial charge in [0.1, 0.15) is 0 Å². The van der Waals surface area contributed by atoms with E-state index in [2.05, 4.69) is 4.74 Å². The van der Waals surface area contributed by atoms with Crippen LogP contribution in [0.4, 0.5) is 92.2 Å². The van der Waals surface area contributed by atoms with Crippen LogP contribution in [0.1, 0.15) is 23.7 Å². The number of hydrogen-bond acceptors (Lipinski definition) is 1. The van der Waals surface area contributed by atoms with E-state index in [1.54, 1.807) is 24.3 Å². The van der Waals surface area contributed by atoms with Crippen LogP contribution < -0.4 is 0 Å². The Bertz CT molecular complexity index is 1800. The van der Waals surface area contributed by atoms with Gasteiger partial charge >= 0.3 is 59.7 Å². The number of rotatable bonds is 10. The molecule has 0 saturated heterocycles. The SMILES string of the molecule is FC(F)(F)C(F)(F)C(F)(F)C(F)(F)C(F)(F)C(F)(F)C(F)(F)C(F)(F)C(F)(F)C(F)(F)OC1CC=Cc2c1ccc1c2ccc2ccccc21. The summed E-state index contributed by atoms with van der Waals surface area (Å²) in [6.07, 6.45) is -16.6. The van der Waals surface area contributed by atoms with Crippen molar-refractivity contribution in [3.05, 3.63) is 65.7 Å². The molecule has 1 atom stereocenters. The number of ether oxygens (including phenoxy) is 1. The third-order valence-corrected chi connectivity index (χ3v) is 7.76. The van der Waals surface area contributed by atoms with Crippen LogP contribution in [-0.2, 0) is 4.74 Å². The first-order valence-corrected chi connectivity index (χ1v) is 13.0. The van der Waals surface area contributed by atoms with Gasteiger partial charge in [0, 0.05) is 0 Å². The van der Waals surface area contributed by atoms with E-state index in [0.717, 1.165) is 12.1 Å². The van der Waals surface area contributed by atoms with Gasteiger partial charge in [0.05, 0.1) is 6.10 Å². The summed E-state index contributed by atoms with van der Waals surface area (Å²) in [5.41, 5.74) is -0.670. The minimum Gasteiger partial charge on any atom is -0.307 e. The molecule has 0 radical (unpaired) electrons. The van der Waals surface area contributed by atoms with Gasteiger partial charge in [-0.2, -0.15) is 92.2 Å². The highest BCUT2D eigenvalue weighted by Gasteiger charge is 2.98. The van der Waals surface area contributed by atoms with Gasteiger partial charge in [-0.3, -0.25) is 0 Å². The lowest BCUT2D eigenvalue weighted by Gasteiger charge is -2.44. The van der Waals surface area contributed by atoms with Crippen molar-refractivity contribution in [3.8, 4) is 0 Å². The Kier molecular flexibility index (Phi) is 8.78. The maximum Gasteiger partial charge on any atom is 0.460 e. The van der Waals surface area contributed by atoms with Crippen molar-refractivity contribution in [3.63, 3.8) is 0 Å². The Morgan fingerprint density at radius 2 is 0.880 bits per heavy atom. The molecule has 1 aliphatic rings. The van der Waals surface area contributed by atoms with Gasteiger partial charge in [0.15, 0.2) is 0 Å². The van der Waals surface area contributed by atoms with Crippen LogP contribution in [0, 0.1) is 0 Å². The summed E-state index contributed by atoms with van der Waals surface area (Å²) in [4.78, 5) is 0. The van der Waals surface area contributed by atoms with Crippen LogP contribution in [-0.4, -0.2) is 59.7 Å². The van der Waals surface area contributed by atoms with Gasteiger partial charge in [0.25, 0.3) is 0 Å². The van der Waals surface area contributed by atoms with Gasteiger partial charge in [-0.25, -0.2) is 0 Å². The molecule has 0 amide bonds. The largest absolute Gasteiger partial charge is 0.460 e. The molecule has 0 aliphatic heterocycles. The lowest BCUT2D eigenvalue weighted by Crippen LogP contribution is -2.77. The molecule has 0 N–H and O–H groups in total. The van der Waals surface area contributed by atoms with Crippen molar-refractivity contribution >= 4 is 27.6 Å². The fourth-order valence-electron chi connectivity index (χ4n) is 4.94. The Balaban J connectivity index is 1.74. The van der Waals surface area contributed by atoms with Gasteiger partial charge < -0.3 is 4.74 Å². The third kappa shape index (κ3) is 5.00. The number of benzene rings is 3. The summed E-state index contributed by atoms with van der Waals surface area (Å²) >= 11 is 0. The van der Waals surface area contributed by atoms with Crippen molar-refractivity contribution in [2.75, 3.05) is 0 Å². The zero-order valence-corrected chi connectivity index (χ0v) is 23.4. The molecule has 0 fully saturated rings. The molecule has 0 bridgehead atoms.